The Balaban J connectivity index is 2.00. The molecule has 0 spiro atoms. The smallest absolute Gasteiger partial charge is 0.0453 e. The number of hydrogen-bond donors (Lipinski definition) is 1. The average Bonchev–Trinajstić information content (AvgIpc) is 3.11. The van der Waals surface area contributed by atoms with E-state index in [0.717, 1.165) is 23.9 Å². The number of nitrogens with one attached hydrogen (secondary N) is 1. The predicted molar refractivity (Wildman–Crippen MR) is 75.0 cm³/mol. The van der Waals surface area contributed by atoms with E-state index >= 15 is 0 Å². The number of rotatable bonds is 6. The van der Waals surface area contributed by atoms with E-state index in [1.54, 1.807) is 0 Å². The minimum Gasteiger partial charge on any atom is -0.313 e. The molecule has 1 saturated carbocycles. The fourth-order valence-corrected chi connectivity index (χ4v) is 2.64. The van der Waals surface area contributed by atoms with Crippen LogP contribution in [0.15, 0.2) is 18.2 Å². The van der Waals surface area contributed by atoms with Gasteiger partial charge in [-0.2, -0.15) is 0 Å². The Morgan fingerprint density at radius 1 is 1.35 bits per heavy atom. The van der Waals surface area contributed by atoms with Gasteiger partial charge in [-0.3, -0.25) is 0 Å². The molecule has 1 fully saturated rings. The topological polar surface area (TPSA) is 12.0 Å². The van der Waals surface area contributed by atoms with Gasteiger partial charge < -0.3 is 5.32 Å². The predicted octanol–water partition coefficient (Wildman–Crippen LogP) is 4.31. The van der Waals surface area contributed by atoms with Crippen molar-refractivity contribution in [2.75, 3.05) is 6.54 Å². The summed E-state index contributed by atoms with van der Waals surface area (Å²) < 4.78 is 0. The highest BCUT2D eigenvalue weighted by Crippen LogP contribution is 2.35. The van der Waals surface area contributed by atoms with Crippen LogP contribution in [0, 0.1) is 5.92 Å². The van der Waals surface area contributed by atoms with Gasteiger partial charge in [-0.1, -0.05) is 36.2 Å². The normalized spacial score (nSPS) is 17.1. The molecule has 94 valence electrons. The van der Waals surface area contributed by atoms with Gasteiger partial charge in [-0.05, 0) is 55.8 Å². The maximum atomic E-state index is 6.22. The van der Waals surface area contributed by atoms with Crippen molar-refractivity contribution in [3.63, 3.8) is 0 Å². The van der Waals surface area contributed by atoms with E-state index in [4.69, 9.17) is 23.2 Å². The van der Waals surface area contributed by atoms with E-state index in [0.29, 0.717) is 11.1 Å². The van der Waals surface area contributed by atoms with Crippen molar-refractivity contribution in [1.29, 1.82) is 0 Å². The summed E-state index contributed by atoms with van der Waals surface area (Å²) >= 11 is 12.1. The van der Waals surface area contributed by atoms with Crippen molar-refractivity contribution in [1.82, 2.24) is 5.32 Å². The van der Waals surface area contributed by atoms with E-state index in [-0.39, 0.29) is 0 Å². The van der Waals surface area contributed by atoms with Gasteiger partial charge >= 0.3 is 0 Å². The first-order valence-electron chi connectivity index (χ1n) is 6.38. The van der Waals surface area contributed by atoms with E-state index in [2.05, 4.69) is 12.2 Å². The number of hydrogen-bond acceptors (Lipinski definition) is 1. The summed E-state index contributed by atoms with van der Waals surface area (Å²) in [5, 5.41) is 5.13. The summed E-state index contributed by atoms with van der Waals surface area (Å²) in [7, 11) is 0. The Bertz CT molecular complexity index is 374. The molecule has 0 amide bonds. The van der Waals surface area contributed by atoms with Crippen LogP contribution in [-0.4, -0.2) is 12.6 Å². The highest BCUT2D eigenvalue weighted by molar-refractivity contribution is 6.35. The van der Waals surface area contributed by atoms with Crippen LogP contribution in [0.4, 0.5) is 0 Å². The Labute approximate surface area is 114 Å². The van der Waals surface area contributed by atoms with Crippen LogP contribution in [0.3, 0.4) is 0 Å². The molecule has 17 heavy (non-hydrogen) atoms. The summed E-state index contributed by atoms with van der Waals surface area (Å²) in [4.78, 5) is 0. The third kappa shape index (κ3) is 3.87. The molecule has 1 N–H and O–H groups in total. The van der Waals surface area contributed by atoms with Crippen molar-refractivity contribution >= 4 is 23.2 Å². The molecule has 1 aromatic carbocycles. The third-order valence-corrected chi connectivity index (χ3v) is 3.89. The molecule has 0 bridgehead atoms. The van der Waals surface area contributed by atoms with Gasteiger partial charge in [0.25, 0.3) is 0 Å². The molecule has 0 saturated heterocycles. The van der Waals surface area contributed by atoms with Crippen molar-refractivity contribution < 1.29 is 0 Å². The third-order valence-electron chi connectivity index (χ3n) is 3.30. The van der Waals surface area contributed by atoms with Gasteiger partial charge in [-0.15, -0.1) is 0 Å². The minimum absolute atomic E-state index is 0.577. The largest absolute Gasteiger partial charge is 0.313 e. The second-order valence-electron chi connectivity index (χ2n) is 4.84. The highest BCUT2D eigenvalue weighted by atomic mass is 35.5. The molecule has 2 rings (SSSR count). The Morgan fingerprint density at radius 2 is 2.12 bits per heavy atom. The SMILES string of the molecule is CCCNC(Cc1ccc(Cl)cc1Cl)C1CC1. The molecule has 1 aromatic rings. The molecule has 0 radical (unpaired) electrons. The molecular weight excluding hydrogens is 253 g/mol. The summed E-state index contributed by atoms with van der Waals surface area (Å²) in [6, 6.07) is 6.39. The molecule has 1 nitrogen and oxygen atoms in total. The first kappa shape index (κ1) is 13.2. The van der Waals surface area contributed by atoms with Crippen LogP contribution in [0.5, 0.6) is 0 Å². The van der Waals surface area contributed by atoms with Gasteiger partial charge in [0.05, 0.1) is 0 Å². The lowest BCUT2D eigenvalue weighted by Crippen LogP contribution is -2.33. The zero-order valence-electron chi connectivity index (χ0n) is 10.2. The first-order valence-corrected chi connectivity index (χ1v) is 7.13. The minimum atomic E-state index is 0.577. The maximum Gasteiger partial charge on any atom is 0.0453 e. The lowest BCUT2D eigenvalue weighted by atomic mass is 10.0. The van der Waals surface area contributed by atoms with Crippen LogP contribution in [0.25, 0.3) is 0 Å². The van der Waals surface area contributed by atoms with Crippen molar-refractivity contribution in [3.8, 4) is 0 Å². The fraction of sp³-hybridized carbons (Fsp3) is 0.571. The lowest BCUT2D eigenvalue weighted by Gasteiger charge is -2.18. The van der Waals surface area contributed by atoms with Crippen LogP contribution in [-0.2, 0) is 6.42 Å². The van der Waals surface area contributed by atoms with Crippen molar-refractivity contribution in [3.05, 3.63) is 33.8 Å². The molecule has 0 heterocycles. The first-order chi connectivity index (χ1) is 8.20. The highest BCUT2D eigenvalue weighted by Gasteiger charge is 2.30. The molecule has 1 atom stereocenters. The standard InChI is InChI=1S/C14H19Cl2N/c1-2-7-17-14(10-3-4-10)8-11-5-6-12(15)9-13(11)16/h5-6,9-10,14,17H,2-4,7-8H2,1H3. The van der Waals surface area contributed by atoms with Gasteiger partial charge in [-0.25, -0.2) is 0 Å². The molecule has 1 unspecified atom stereocenters. The van der Waals surface area contributed by atoms with Crippen molar-refractivity contribution in [2.24, 2.45) is 5.92 Å². The van der Waals surface area contributed by atoms with Crippen LogP contribution >= 0.6 is 23.2 Å². The van der Waals surface area contributed by atoms with Gasteiger partial charge in [0.15, 0.2) is 0 Å². The number of benzene rings is 1. The Hall–Kier alpha value is -0.240. The van der Waals surface area contributed by atoms with Crippen LogP contribution < -0.4 is 5.32 Å². The van der Waals surface area contributed by atoms with E-state index in [1.165, 1.54) is 24.8 Å². The number of halogens is 2. The quantitative estimate of drug-likeness (QED) is 0.813. The second kappa shape index (κ2) is 6.08. The van der Waals surface area contributed by atoms with Gasteiger partial charge in [0.2, 0.25) is 0 Å². The summed E-state index contributed by atoms with van der Waals surface area (Å²) in [5.41, 5.74) is 1.21. The zero-order valence-corrected chi connectivity index (χ0v) is 11.7. The molecular formula is C14H19Cl2N. The van der Waals surface area contributed by atoms with Crippen LogP contribution in [0.2, 0.25) is 10.0 Å². The second-order valence-corrected chi connectivity index (χ2v) is 5.68. The Morgan fingerprint density at radius 3 is 2.71 bits per heavy atom. The maximum absolute atomic E-state index is 6.22. The average molecular weight is 272 g/mol. The van der Waals surface area contributed by atoms with Gasteiger partial charge in [0.1, 0.15) is 0 Å². The zero-order chi connectivity index (χ0) is 12.3. The summed E-state index contributed by atoms with van der Waals surface area (Å²) in [6.07, 6.45) is 4.90. The summed E-state index contributed by atoms with van der Waals surface area (Å²) in [5.74, 6) is 0.841. The van der Waals surface area contributed by atoms with E-state index < -0.39 is 0 Å². The molecule has 0 aromatic heterocycles. The fourth-order valence-electron chi connectivity index (χ4n) is 2.16. The molecule has 0 aliphatic heterocycles. The van der Waals surface area contributed by atoms with Crippen molar-refractivity contribution in [2.45, 2.75) is 38.6 Å². The molecule has 1 aliphatic rings. The summed E-state index contributed by atoms with van der Waals surface area (Å²) in [6.45, 7) is 3.29. The lowest BCUT2D eigenvalue weighted by molar-refractivity contribution is 0.460. The van der Waals surface area contributed by atoms with E-state index in [9.17, 15) is 0 Å². The molecule has 3 heteroatoms. The van der Waals surface area contributed by atoms with Gasteiger partial charge in [0, 0.05) is 16.1 Å². The Kier molecular flexibility index (Phi) is 4.72. The van der Waals surface area contributed by atoms with Crippen LogP contribution in [0.1, 0.15) is 31.7 Å². The molecule has 1 aliphatic carbocycles. The monoisotopic (exact) mass is 271 g/mol. The van der Waals surface area contributed by atoms with E-state index in [1.807, 2.05) is 18.2 Å².